The number of carbonyl (C=O) groups excluding carboxylic acids is 1. The highest BCUT2D eigenvalue weighted by Crippen LogP contribution is 2.22. The Morgan fingerprint density at radius 1 is 1.29 bits per heavy atom. The summed E-state index contributed by atoms with van der Waals surface area (Å²) in [6.07, 6.45) is -0.774. The first-order valence-corrected chi connectivity index (χ1v) is 7.31. The number of amides is 1. The minimum Gasteiger partial charge on any atom is -0.481 e. The van der Waals surface area contributed by atoms with Crippen molar-refractivity contribution in [3.8, 4) is 5.75 Å². The molecule has 0 aliphatic rings. The van der Waals surface area contributed by atoms with Gasteiger partial charge in [-0.3, -0.25) is 4.79 Å². The van der Waals surface area contributed by atoms with Gasteiger partial charge in [0.15, 0.2) is 11.9 Å². The highest BCUT2D eigenvalue weighted by molar-refractivity contribution is 9.10. The van der Waals surface area contributed by atoms with Crippen LogP contribution in [-0.4, -0.2) is 12.0 Å². The van der Waals surface area contributed by atoms with E-state index in [2.05, 4.69) is 21.2 Å². The van der Waals surface area contributed by atoms with Gasteiger partial charge >= 0.3 is 0 Å². The third kappa shape index (κ3) is 4.19. The fourth-order valence-electron chi connectivity index (χ4n) is 1.61. The SMILES string of the molecule is CC(Oc1ccc(Br)cc1)C(=O)Nc1cccc(Cl)c1F. The average Bonchev–Trinajstić information content (AvgIpc) is 2.46. The van der Waals surface area contributed by atoms with Crippen LogP contribution >= 0.6 is 27.5 Å². The molecule has 0 heterocycles. The maximum absolute atomic E-state index is 13.7. The number of carbonyl (C=O) groups is 1. The maximum atomic E-state index is 13.7. The molecule has 2 aromatic carbocycles. The fraction of sp³-hybridized carbons (Fsp3) is 0.133. The molecule has 0 aromatic heterocycles. The van der Waals surface area contributed by atoms with E-state index in [1.54, 1.807) is 37.3 Å². The van der Waals surface area contributed by atoms with Crippen molar-refractivity contribution in [1.82, 2.24) is 0 Å². The zero-order valence-corrected chi connectivity index (χ0v) is 13.4. The summed E-state index contributed by atoms with van der Waals surface area (Å²) < 4.78 is 20.1. The number of ether oxygens (including phenoxy) is 1. The van der Waals surface area contributed by atoms with Gasteiger partial charge in [0.2, 0.25) is 0 Å². The predicted molar refractivity (Wildman–Crippen MR) is 84.3 cm³/mol. The molecule has 0 saturated carbocycles. The first-order valence-electron chi connectivity index (χ1n) is 6.14. The zero-order valence-electron chi connectivity index (χ0n) is 11.1. The Labute approximate surface area is 135 Å². The molecule has 6 heteroatoms. The quantitative estimate of drug-likeness (QED) is 0.848. The van der Waals surface area contributed by atoms with E-state index in [0.29, 0.717) is 5.75 Å². The van der Waals surface area contributed by atoms with Crippen molar-refractivity contribution >= 4 is 39.1 Å². The molecule has 0 spiro atoms. The second-order valence-electron chi connectivity index (χ2n) is 4.30. The first-order chi connectivity index (χ1) is 9.97. The van der Waals surface area contributed by atoms with Crippen LogP contribution in [0.4, 0.5) is 10.1 Å². The van der Waals surface area contributed by atoms with E-state index in [-0.39, 0.29) is 10.7 Å². The average molecular weight is 373 g/mol. The Hall–Kier alpha value is -1.59. The number of rotatable bonds is 4. The Morgan fingerprint density at radius 2 is 1.95 bits per heavy atom. The van der Waals surface area contributed by atoms with Gasteiger partial charge in [-0.25, -0.2) is 4.39 Å². The minimum absolute atomic E-state index is 0.0266. The van der Waals surface area contributed by atoms with Gasteiger partial charge in [-0.1, -0.05) is 33.6 Å². The standard InChI is InChI=1S/C15H12BrClFNO2/c1-9(21-11-7-5-10(16)6-8-11)15(20)19-13-4-2-3-12(17)14(13)18/h2-9H,1H3,(H,19,20). The maximum Gasteiger partial charge on any atom is 0.265 e. The summed E-state index contributed by atoms with van der Waals surface area (Å²) >= 11 is 8.97. The summed E-state index contributed by atoms with van der Waals surface area (Å²) in [7, 11) is 0. The smallest absolute Gasteiger partial charge is 0.265 e. The molecular weight excluding hydrogens is 361 g/mol. The van der Waals surface area contributed by atoms with E-state index in [0.717, 1.165) is 4.47 Å². The highest BCUT2D eigenvalue weighted by Gasteiger charge is 2.17. The molecule has 1 N–H and O–H groups in total. The van der Waals surface area contributed by atoms with Crippen molar-refractivity contribution < 1.29 is 13.9 Å². The van der Waals surface area contributed by atoms with Gasteiger partial charge in [0.05, 0.1) is 10.7 Å². The van der Waals surface area contributed by atoms with Crippen molar-refractivity contribution in [3.63, 3.8) is 0 Å². The molecule has 0 aliphatic carbocycles. The highest BCUT2D eigenvalue weighted by atomic mass is 79.9. The molecule has 0 aliphatic heterocycles. The molecule has 2 aromatic rings. The zero-order chi connectivity index (χ0) is 15.4. The lowest BCUT2D eigenvalue weighted by Gasteiger charge is -2.15. The van der Waals surface area contributed by atoms with Crippen LogP contribution in [-0.2, 0) is 4.79 Å². The molecule has 0 fully saturated rings. The number of halogens is 3. The molecule has 1 unspecified atom stereocenters. The Bertz CT molecular complexity index is 649. The van der Waals surface area contributed by atoms with Gasteiger partial charge in [-0.2, -0.15) is 0 Å². The van der Waals surface area contributed by atoms with E-state index in [4.69, 9.17) is 16.3 Å². The lowest BCUT2D eigenvalue weighted by molar-refractivity contribution is -0.122. The molecule has 3 nitrogen and oxygen atoms in total. The van der Waals surface area contributed by atoms with E-state index in [9.17, 15) is 9.18 Å². The van der Waals surface area contributed by atoms with E-state index in [1.165, 1.54) is 12.1 Å². The Balaban J connectivity index is 2.02. The molecule has 0 saturated heterocycles. The first kappa shape index (κ1) is 15.8. The lowest BCUT2D eigenvalue weighted by atomic mass is 10.2. The van der Waals surface area contributed by atoms with E-state index < -0.39 is 17.8 Å². The van der Waals surface area contributed by atoms with Gasteiger partial charge < -0.3 is 10.1 Å². The molecule has 0 radical (unpaired) electrons. The Morgan fingerprint density at radius 3 is 2.62 bits per heavy atom. The van der Waals surface area contributed by atoms with Crippen LogP contribution in [0.2, 0.25) is 5.02 Å². The number of benzene rings is 2. The van der Waals surface area contributed by atoms with Crippen LogP contribution in [0.5, 0.6) is 5.75 Å². The normalized spacial score (nSPS) is 11.8. The Kier molecular flexibility index (Phi) is 5.20. The van der Waals surface area contributed by atoms with Gasteiger partial charge in [-0.15, -0.1) is 0 Å². The summed E-state index contributed by atoms with van der Waals surface area (Å²) in [5.74, 6) is -0.574. The monoisotopic (exact) mass is 371 g/mol. The van der Waals surface area contributed by atoms with Gasteiger partial charge in [-0.05, 0) is 43.3 Å². The summed E-state index contributed by atoms with van der Waals surface area (Å²) in [6.45, 7) is 1.58. The third-order valence-electron chi connectivity index (χ3n) is 2.71. The lowest BCUT2D eigenvalue weighted by Crippen LogP contribution is -2.30. The van der Waals surface area contributed by atoms with Crippen LogP contribution in [0.15, 0.2) is 46.9 Å². The van der Waals surface area contributed by atoms with Crippen molar-refractivity contribution in [2.24, 2.45) is 0 Å². The fourth-order valence-corrected chi connectivity index (χ4v) is 2.04. The van der Waals surface area contributed by atoms with Gasteiger partial charge in [0.25, 0.3) is 5.91 Å². The number of hydrogen-bond donors (Lipinski definition) is 1. The van der Waals surface area contributed by atoms with Crippen LogP contribution < -0.4 is 10.1 Å². The number of anilines is 1. The van der Waals surface area contributed by atoms with Crippen molar-refractivity contribution in [2.45, 2.75) is 13.0 Å². The molecule has 2 rings (SSSR count). The molecule has 1 atom stereocenters. The summed E-state index contributed by atoms with van der Waals surface area (Å²) in [4.78, 5) is 12.0. The molecular formula is C15H12BrClFNO2. The van der Waals surface area contributed by atoms with Gasteiger partial charge in [0.1, 0.15) is 5.75 Å². The van der Waals surface area contributed by atoms with E-state index in [1.807, 2.05) is 0 Å². The summed E-state index contributed by atoms with van der Waals surface area (Å²) in [5, 5.41) is 2.40. The van der Waals surface area contributed by atoms with Crippen LogP contribution in [0.25, 0.3) is 0 Å². The molecule has 0 bridgehead atoms. The summed E-state index contributed by atoms with van der Waals surface area (Å²) in [6, 6.07) is 11.5. The number of hydrogen-bond acceptors (Lipinski definition) is 2. The van der Waals surface area contributed by atoms with Crippen LogP contribution in [0.1, 0.15) is 6.92 Å². The van der Waals surface area contributed by atoms with Crippen LogP contribution in [0, 0.1) is 5.82 Å². The predicted octanol–water partition coefficient (Wildman–Crippen LogP) is 4.65. The summed E-state index contributed by atoms with van der Waals surface area (Å²) in [5.41, 5.74) is 0.0266. The van der Waals surface area contributed by atoms with E-state index >= 15 is 0 Å². The topological polar surface area (TPSA) is 38.3 Å². The molecule has 21 heavy (non-hydrogen) atoms. The van der Waals surface area contributed by atoms with Crippen molar-refractivity contribution in [3.05, 3.63) is 57.8 Å². The molecule has 1 amide bonds. The van der Waals surface area contributed by atoms with Crippen molar-refractivity contribution in [1.29, 1.82) is 0 Å². The second kappa shape index (κ2) is 6.91. The van der Waals surface area contributed by atoms with Crippen LogP contribution in [0.3, 0.4) is 0 Å². The minimum atomic E-state index is -0.774. The second-order valence-corrected chi connectivity index (χ2v) is 5.63. The van der Waals surface area contributed by atoms with Crippen molar-refractivity contribution in [2.75, 3.05) is 5.32 Å². The van der Waals surface area contributed by atoms with Gasteiger partial charge in [0, 0.05) is 4.47 Å². The third-order valence-corrected chi connectivity index (χ3v) is 3.53. The largest absolute Gasteiger partial charge is 0.481 e. The number of nitrogens with one attached hydrogen (secondary N) is 1. The molecule has 110 valence electrons.